The summed E-state index contributed by atoms with van der Waals surface area (Å²) < 4.78 is 16.1. The lowest BCUT2D eigenvalue weighted by Crippen LogP contribution is -2.31. The number of rotatable bonds is 7. The molecule has 0 unspecified atom stereocenters. The zero-order chi connectivity index (χ0) is 22.8. The molecule has 0 atom stereocenters. The van der Waals surface area contributed by atoms with Gasteiger partial charge in [-0.3, -0.25) is 14.5 Å². The van der Waals surface area contributed by atoms with Gasteiger partial charge >= 0.3 is 0 Å². The Hall–Kier alpha value is -4.00. The van der Waals surface area contributed by atoms with Gasteiger partial charge in [0.25, 0.3) is 11.8 Å². The summed E-state index contributed by atoms with van der Waals surface area (Å²) in [6.07, 6.45) is 1.51. The Morgan fingerprint density at radius 2 is 1.72 bits per heavy atom. The SMILES string of the molecule is COc1ccc(C2=C(Nc3cc(C)ccc3C)C(=O)N(Cc3ccco3)C2=O)cc1OC. The maximum Gasteiger partial charge on any atom is 0.278 e. The molecule has 164 valence electrons. The van der Waals surface area contributed by atoms with E-state index in [9.17, 15) is 9.59 Å². The summed E-state index contributed by atoms with van der Waals surface area (Å²) in [5, 5.41) is 3.22. The Balaban J connectivity index is 1.82. The minimum Gasteiger partial charge on any atom is -0.493 e. The van der Waals surface area contributed by atoms with Crippen LogP contribution < -0.4 is 14.8 Å². The highest BCUT2D eigenvalue weighted by molar-refractivity contribution is 6.36. The molecule has 1 aliphatic heterocycles. The summed E-state index contributed by atoms with van der Waals surface area (Å²) in [4.78, 5) is 28.0. The molecular weight excluding hydrogens is 408 g/mol. The summed E-state index contributed by atoms with van der Waals surface area (Å²) >= 11 is 0. The molecule has 4 rings (SSSR count). The van der Waals surface area contributed by atoms with Crippen molar-refractivity contribution in [1.82, 2.24) is 4.90 Å². The van der Waals surface area contributed by atoms with Crippen LogP contribution in [0.5, 0.6) is 11.5 Å². The molecule has 0 bridgehead atoms. The summed E-state index contributed by atoms with van der Waals surface area (Å²) in [6, 6.07) is 14.5. The minimum atomic E-state index is -0.419. The van der Waals surface area contributed by atoms with Crippen LogP contribution in [0.15, 0.2) is 64.9 Å². The Labute approximate surface area is 186 Å². The van der Waals surface area contributed by atoms with Gasteiger partial charge < -0.3 is 19.2 Å². The third kappa shape index (κ3) is 3.85. The predicted octanol–water partition coefficient (Wildman–Crippen LogP) is 4.31. The van der Waals surface area contributed by atoms with Gasteiger partial charge in [0.1, 0.15) is 11.5 Å². The van der Waals surface area contributed by atoms with Gasteiger partial charge in [0.2, 0.25) is 0 Å². The van der Waals surface area contributed by atoms with Crippen molar-refractivity contribution in [1.29, 1.82) is 0 Å². The van der Waals surface area contributed by atoms with E-state index in [1.807, 2.05) is 32.0 Å². The minimum absolute atomic E-state index is 0.0411. The van der Waals surface area contributed by atoms with E-state index in [1.165, 1.54) is 18.3 Å². The van der Waals surface area contributed by atoms with Crippen molar-refractivity contribution in [2.45, 2.75) is 20.4 Å². The Morgan fingerprint density at radius 3 is 2.41 bits per heavy atom. The molecule has 2 amide bonds. The molecule has 0 radical (unpaired) electrons. The van der Waals surface area contributed by atoms with E-state index < -0.39 is 11.8 Å². The molecule has 2 heterocycles. The fourth-order valence-electron chi connectivity index (χ4n) is 3.66. The zero-order valence-corrected chi connectivity index (χ0v) is 18.4. The predicted molar refractivity (Wildman–Crippen MR) is 120 cm³/mol. The maximum atomic E-state index is 13.4. The molecule has 0 saturated carbocycles. The summed E-state index contributed by atoms with van der Waals surface area (Å²) in [6.45, 7) is 3.96. The van der Waals surface area contributed by atoms with Crippen molar-refractivity contribution in [3.63, 3.8) is 0 Å². The first-order chi connectivity index (χ1) is 15.4. The molecule has 1 aliphatic rings. The highest BCUT2D eigenvalue weighted by Crippen LogP contribution is 2.36. The standard InChI is InChI=1S/C25H24N2O5/c1-15-7-8-16(2)19(12-15)26-23-22(17-9-10-20(30-3)21(13-17)31-4)24(28)27(25(23)29)14-18-6-5-11-32-18/h5-13,26H,14H2,1-4H3. The lowest BCUT2D eigenvalue weighted by Gasteiger charge is -2.14. The Kier molecular flexibility index (Phi) is 5.73. The number of hydrogen-bond acceptors (Lipinski definition) is 6. The highest BCUT2D eigenvalue weighted by atomic mass is 16.5. The molecular formula is C25H24N2O5. The summed E-state index contributed by atoms with van der Waals surface area (Å²) in [5.41, 5.74) is 3.79. The van der Waals surface area contributed by atoms with E-state index in [0.717, 1.165) is 16.8 Å². The van der Waals surface area contributed by atoms with Crippen molar-refractivity contribution in [2.75, 3.05) is 19.5 Å². The highest BCUT2D eigenvalue weighted by Gasteiger charge is 2.40. The molecule has 0 fully saturated rings. The third-order valence-corrected chi connectivity index (χ3v) is 5.39. The monoisotopic (exact) mass is 432 g/mol. The lowest BCUT2D eigenvalue weighted by molar-refractivity contribution is -0.137. The second kappa shape index (κ2) is 8.63. The Morgan fingerprint density at radius 1 is 0.938 bits per heavy atom. The number of furan rings is 1. The number of ether oxygens (including phenoxy) is 2. The first-order valence-electron chi connectivity index (χ1n) is 10.1. The lowest BCUT2D eigenvalue weighted by atomic mass is 10.0. The van der Waals surface area contributed by atoms with Crippen LogP contribution in [-0.4, -0.2) is 30.9 Å². The number of methoxy groups -OCH3 is 2. The van der Waals surface area contributed by atoms with Crippen LogP contribution in [0.4, 0.5) is 5.69 Å². The van der Waals surface area contributed by atoms with Gasteiger partial charge in [-0.05, 0) is 60.9 Å². The van der Waals surface area contributed by atoms with Crippen molar-refractivity contribution in [3.05, 3.63) is 82.9 Å². The second-order valence-corrected chi connectivity index (χ2v) is 7.54. The molecule has 0 aliphatic carbocycles. The second-order valence-electron chi connectivity index (χ2n) is 7.54. The number of amides is 2. The third-order valence-electron chi connectivity index (χ3n) is 5.39. The van der Waals surface area contributed by atoms with E-state index in [0.29, 0.717) is 22.8 Å². The van der Waals surface area contributed by atoms with Crippen molar-refractivity contribution in [2.24, 2.45) is 0 Å². The maximum absolute atomic E-state index is 13.4. The molecule has 0 spiro atoms. The summed E-state index contributed by atoms with van der Waals surface area (Å²) in [7, 11) is 3.07. The van der Waals surface area contributed by atoms with E-state index >= 15 is 0 Å². The molecule has 7 heteroatoms. The molecule has 3 aromatic rings. The molecule has 7 nitrogen and oxygen atoms in total. The number of carbonyl (C=O) groups is 2. The number of benzene rings is 2. The van der Waals surface area contributed by atoms with E-state index in [1.54, 1.807) is 37.4 Å². The number of hydrogen-bond donors (Lipinski definition) is 1. The Bertz CT molecular complexity index is 1210. The van der Waals surface area contributed by atoms with E-state index in [4.69, 9.17) is 13.9 Å². The van der Waals surface area contributed by atoms with E-state index in [2.05, 4.69) is 5.32 Å². The van der Waals surface area contributed by atoms with Gasteiger partial charge in [-0.25, -0.2) is 0 Å². The van der Waals surface area contributed by atoms with Crippen LogP contribution >= 0.6 is 0 Å². The normalized spacial score (nSPS) is 13.7. The molecule has 1 aromatic heterocycles. The van der Waals surface area contributed by atoms with Gasteiger partial charge in [-0.1, -0.05) is 18.2 Å². The average molecular weight is 432 g/mol. The molecule has 32 heavy (non-hydrogen) atoms. The number of imide groups is 1. The van der Waals surface area contributed by atoms with Gasteiger partial charge in [0, 0.05) is 5.69 Å². The average Bonchev–Trinajstić information content (AvgIpc) is 3.38. The van der Waals surface area contributed by atoms with Crippen molar-refractivity contribution >= 4 is 23.1 Å². The van der Waals surface area contributed by atoms with Gasteiger partial charge in [-0.15, -0.1) is 0 Å². The quantitative estimate of drug-likeness (QED) is 0.561. The van der Waals surface area contributed by atoms with E-state index in [-0.39, 0.29) is 17.8 Å². The van der Waals surface area contributed by atoms with Gasteiger partial charge in [-0.2, -0.15) is 0 Å². The van der Waals surface area contributed by atoms with Crippen LogP contribution in [-0.2, 0) is 16.1 Å². The molecule has 1 N–H and O–H groups in total. The van der Waals surface area contributed by atoms with Gasteiger partial charge in [0.05, 0.1) is 32.6 Å². The fourth-order valence-corrected chi connectivity index (χ4v) is 3.66. The molecule has 0 saturated heterocycles. The van der Waals surface area contributed by atoms with Crippen LogP contribution in [0, 0.1) is 13.8 Å². The smallest absolute Gasteiger partial charge is 0.278 e. The van der Waals surface area contributed by atoms with Crippen molar-refractivity contribution < 1.29 is 23.5 Å². The number of nitrogens with zero attached hydrogens (tertiary/aromatic N) is 1. The first-order valence-corrected chi connectivity index (χ1v) is 10.1. The number of carbonyl (C=O) groups excluding carboxylic acids is 2. The van der Waals surface area contributed by atoms with Crippen LogP contribution in [0.1, 0.15) is 22.5 Å². The molecule has 2 aromatic carbocycles. The fraction of sp³-hybridized carbons (Fsp3) is 0.200. The van der Waals surface area contributed by atoms with Crippen LogP contribution in [0.25, 0.3) is 5.57 Å². The van der Waals surface area contributed by atoms with Crippen LogP contribution in [0.2, 0.25) is 0 Å². The number of anilines is 1. The van der Waals surface area contributed by atoms with Gasteiger partial charge in [0.15, 0.2) is 11.5 Å². The van der Waals surface area contributed by atoms with Crippen LogP contribution in [0.3, 0.4) is 0 Å². The topological polar surface area (TPSA) is 81.0 Å². The summed E-state index contributed by atoms with van der Waals surface area (Å²) in [5.74, 6) is 0.688. The number of nitrogens with one attached hydrogen (secondary N) is 1. The number of aryl methyl sites for hydroxylation is 2. The van der Waals surface area contributed by atoms with Crippen molar-refractivity contribution in [3.8, 4) is 11.5 Å². The zero-order valence-electron chi connectivity index (χ0n) is 18.4. The first kappa shape index (κ1) is 21.2. The largest absolute Gasteiger partial charge is 0.493 e.